The average Bonchev–Trinajstić information content (AvgIpc) is 2.14. The van der Waals surface area contributed by atoms with Crippen molar-refractivity contribution in [2.75, 3.05) is 6.61 Å². The Morgan fingerprint density at radius 1 is 1.12 bits per heavy atom. The summed E-state index contributed by atoms with van der Waals surface area (Å²) in [6.07, 6.45) is 3.06. The van der Waals surface area contributed by atoms with Crippen LogP contribution in [0.25, 0.3) is 0 Å². The fraction of sp³-hybridized carbons (Fsp3) is 0.933. The molecule has 0 aromatic carbocycles. The Bertz CT molecular complexity index is 239. The van der Waals surface area contributed by atoms with Crippen LogP contribution in [-0.2, 0) is 9.53 Å². The molecule has 0 aliphatic heterocycles. The third kappa shape index (κ3) is 7.54. The zero-order valence-corrected chi connectivity index (χ0v) is 12.7. The van der Waals surface area contributed by atoms with Gasteiger partial charge >= 0.3 is 0 Å². The SMILES string of the molecule is CC(=O)C(C)(C)CCOC(C)(C)CCC(C)C. The third-order valence-corrected chi connectivity index (χ3v) is 3.50. The van der Waals surface area contributed by atoms with Gasteiger partial charge in [-0.25, -0.2) is 0 Å². The van der Waals surface area contributed by atoms with Gasteiger partial charge in [0.15, 0.2) is 0 Å². The van der Waals surface area contributed by atoms with Gasteiger partial charge in [0.2, 0.25) is 0 Å². The maximum Gasteiger partial charge on any atom is 0.135 e. The van der Waals surface area contributed by atoms with Gasteiger partial charge in [-0.2, -0.15) is 0 Å². The molecule has 0 fully saturated rings. The second kappa shape index (κ2) is 6.53. The summed E-state index contributed by atoms with van der Waals surface area (Å²) in [4.78, 5) is 11.4. The molecule has 0 spiro atoms. The molecule has 0 radical (unpaired) electrons. The topological polar surface area (TPSA) is 26.3 Å². The second-order valence-electron chi connectivity index (χ2n) is 6.73. The van der Waals surface area contributed by atoms with E-state index in [2.05, 4.69) is 27.7 Å². The molecule has 2 heteroatoms. The van der Waals surface area contributed by atoms with Crippen LogP contribution in [0.3, 0.4) is 0 Å². The molecule has 0 unspecified atom stereocenters. The van der Waals surface area contributed by atoms with Crippen LogP contribution in [0.4, 0.5) is 0 Å². The molecule has 0 saturated heterocycles. The largest absolute Gasteiger partial charge is 0.376 e. The lowest BCUT2D eigenvalue weighted by Crippen LogP contribution is -2.29. The second-order valence-corrected chi connectivity index (χ2v) is 6.73. The zero-order chi connectivity index (χ0) is 13.7. The van der Waals surface area contributed by atoms with Crippen molar-refractivity contribution in [2.45, 2.75) is 73.3 Å². The maximum atomic E-state index is 11.4. The normalized spacial score (nSPS) is 13.2. The molecule has 2 nitrogen and oxygen atoms in total. The number of ketones is 1. The standard InChI is InChI=1S/C15H30O2/c1-12(2)8-9-15(6,7)17-11-10-14(4,5)13(3)16/h12H,8-11H2,1-7H3. The highest BCUT2D eigenvalue weighted by atomic mass is 16.5. The molecule has 102 valence electrons. The summed E-state index contributed by atoms with van der Waals surface area (Å²) in [5.41, 5.74) is -0.328. The van der Waals surface area contributed by atoms with E-state index in [0.29, 0.717) is 12.5 Å². The van der Waals surface area contributed by atoms with E-state index in [-0.39, 0.29) is 16.8 Å². The van der Waals surface area contributed by atoms with Crippen LogP contribution in [0.2, 0.25) is 0 Å². The van der Waals surface area contributed by atoms with Crippen molar-refractivity contribution in [1.29, 1.82) is 0 Å². The molecule has 0 aromatic heterocycles. The quantitative estimate of drug-likeness (QED) is 0.637. The van der Waals surface area contributed by atoms with Gasteiger partial charge in [-0.1, -0.05) is 27.7 Å². The lowest BCUT2D eigenvalue weighted by Gasteiger charge is -2.29. The van der Waals surface area contributed by atoms with Gasteiger partial charge in [0.25, 0.3) is 0 Å². The van der Waals surface area contributed by atoms with E-state index < -0.39 is 0 Å². The molecule has 0 N–H and O–H groups in total. The van der Waals surface area contributed by atoms with Crippen molar-refractivity contribution < 1.29 is 9.53 Å². The van der Waals surface area contributed by atoms with Crippen LogP contribution in [0, 0.1) is 11.3 Å². The van der Waals surface area contributed by atoms with Crippen LogP contribution < -0.4 is 0 Å². The molecule has 0 aliphatic carbocycles. The lowest BCUT2D eigenvalue weighted by atomic mass is 9.85. The van der Waals surface area contributed by atoms with E-state index in [4.69, 9.17) is 4.74 Å². The summed E-state index contributed by atoms with van der Waals surface area (Å²) in [5, 5.41) is 0. The van der Waals surface area contributed by atoms with Gasteiger partial charge < -0.3 is 4.74 Å². The smallest absolute Gasteiger partial charge is 0.135 e. The van der Waals surface area contributed by atoms with Crippen molar-refractivity contribution >= 4 is 5.78 Å². The minimum atomic E-state index is -0.256. The molecular weight excluding hydrogens is 212 g/mol. The number of hydrogen-bond donors (Lipinski definition) is 0. The number of carbonyl (C=O) groups is 1. The van der Waals surface area contributed by atoms with Crippen LogP contribution in [0.5, 0.6) is 0 Å². The molecule has 0 bridgehead atoms. The summed E-state index contributed by atoms with van der Waals surface area (Å²) in [6.45, 7) is 15.0. The first-order valence-electron chi connectivity index (χ1n) is 6.72. The zero-order valence-electron chi connectivity index (χ0n) is 12.7. The van der Waals surface area contributed by atoms with Gasteiger partial charge in [-0.05, 0) is 46.0 Å². The van der Waals surface area contributed by atoms with Crippen LogP contribution in [0.1, 0.15) is 67.7 Å². The van der Waals surface area contributed by atoms with E-state index in [9.17, 15) is 4.79 Å². The summed E-state index contributed by atoms with van der Waals surface area (Å²) in [7, 11) is 0. The van der Waals surface area contributed by atoms with Gasteiger partial charge in [0, 0.05) is 12.0 Å². The summed E-state index contributed by atoms with van der Waals surface area (Å²) in [5.74, 6) is 0.952. The van der Waals surface area contributed by atoms with E-state index in [1.165, 1.54) is 6.42 Å². The first-order valence-corrected chi connectivity index (χ1v) is 6.72. The number of ether oxygens (including phenoxy) is 1. The minimum absolute atomic E-state index is 0.0723. The third-order valence-electron chi connectivity index (χ3n) is 3.50. The number of carbonyl (C=O) groups excluding carboxylic acids is 1. The molecule has 0 aromatic rings. The van der Waals surface area contributed by atoms with E-state index in [0.717, 1.165) is 12.8 Å². The first-order chi connectivity index (χ1) is 7.57. The molecular formula is C15H30O2. The van der Waals surface area contributed by atoms with Crippen LogP contribution in [-0.4, -0.2) is 18.0 Å². The molecule has 0 heterocycles. The number of Topliss-reactive ketones (excluding diaryl/α,β-unsaturated/α-hetero) is 1. The van der Waals surface area contributed by atoms with Gasteiger partial charge in [-0.3, -0.25) is 4.79 Å². The van der Waals surface area contributed by atoms with Crippen molar-refractivity contribution in [3.05, 3.63) is 0 Å². The Hall–Kier alpha value is -0.370. The Morgan fingerprint density at radius 3 is 2.06 bits per heavy atom. The summed E-state index contributed by atoms with van der Waals surface area (Å²) < 4.78 is 5.91. The minimum Gasteiger partial charge on any atom is -0.376 e. The predicted octanol–water partition coefficient (Wildman–Crippen LogP) is 4.22. The van der Waals surface area contributed by atoms with E-state index in [1.807, 2.05) is 13.8 Å². The van der Waals surface area contributed by atoms with Gasteiger partial charge in [0.1, 0.15) is 5.78 Å². The first kappa shape index (κ1) is 16.6. The number of hydrogen-bond acceptors (Lipinski definition) is 2. The van der Waals surface area contributed by atoms with Crippen molar-refractivity contribution in [2.24, 2.45) is 11.3 Å². The summed E-state index contributed by atoms with van der Waals surface area (Å²) in [6, 6.07) is 0. The molecule has 0 rings (SSSR count). The van der Waals surface area contributed by atoms with E-state index in [1.54, 1.807) is 6.92 Å². The highest BCUT2D eigenvalue weighted by molar-refractivity contribution is 5.81. The van der Waals surface area contributed by atoms with Crippen molar-refractivity contribution in [3.8, 4) is 0 Å². The van der Waals surface area contributed by atoms with Crippen molar-refractivity contribution in [3.63, 3.8) is 0 Å². The van der Waals surface area contributed by atoms with E-state index >= 15 is 0 Å². The van der Waals surface area contributed by atoms with Gasteiger partial charge in [0.05, 0.1) is 5.60 Å². The van der Waals surface area contributed by atoms with Crippen LogP contribution >= 0.6 is 0 Å². The lowest BCUT2D eigenvalue weighted by molar-refractivity contribution is -0.127. The highest BCUT2D eigenvalue weighted by Crippen LogP contribution is 2.25. The Kier molecular flexibility index (Phi) is 6.39. The molecule has 17 heavy (non-hydrogen) atoms. The Morgan fingerprint density at radius 2 is 1.65 bits per heavy atom. The summed E-state index contributed by atoms with van der Waals surface area (Å²) >= 11 is 0. The highest BCUT2D eigenvalue weighted by Gasteiger charge is 2.25. The van der Waals surface area contributed by atoms with Crippen LogP contribution in [0.15, 0.2) is 0 Å². The van der Waals surface area contributed by atoms with Crippen molar-refractivity contribution in [1.82, 2.24) is 0 Å². The fourth-order valence-electron chi connectivity index (χ4n) is 1.47. The average molecular weight is 242 g/mol. The fourth-order valence-corrected chi connectivity index (χ4v) is 1.47. The van der Waals surface area contributed by atoms with Gasteiger partial charge in [-0.15, -0.1) is 0 Å². The predicted molar refractivity (Wildman–Crippen MR) is 73.2 cm³/mol. The number of rotatable bonds is 8. The molecule has 0 saturated carbocycles. The Balaban J connectivity index is 3.98. The molecule has 0 aliphatic rings. The Labute approximate surface area is 107 Å². The monoisotopic (exact) mass is 242 g/mol. The molecule has 0 amide bonds. The maximum absolute atomic E-state index is 11.4. The molecule has 0 atom stereocenters.